The summed E-state index contributed by atoms with van der Waals surface area (Å²) in [7, 11) is 0. The highest BCUT2D eigenvalue weighted by Gasteiger charge is 2.15. The number of nitrogens with zero attached hydrogens (tertiary/aromatic N) is 2. The van der Waals surface area contributed by atoms with Crippen LogP contribution in [0, 0.1) is 6.92 Å². The van der Waals surface area contributed by atoms with E-state index >= 15 is 0 Å². The minimum atomic E-state index is 0.512. The molecule has 0 atom stereocenters. The summed E-state index contributed by atoms with van der Waals surface area (Å²) in [5.41, 5.74) is 3.59. The van der Waals surface area contributed by atoms with Gasteiger partial charge in [0.2, 0.25) is 0 Å². The Morgan fingerprint density at radius 3 is 2.77 bits per heavy atom. The van der Waals surface area contributed by atoms with Crippen LogP contribution in [0.3, 0.4) is 0 Å². The molecule has 2 aromatic heterocycles. The van der Waals surface area contributed by atoms with E-state index in [0.717, 1.165) is 38.7 Å². The molecule has 0 radical (unpaired) electrons. The molecule has 0 fully saturated rings. The van der Waals surface area contributed by atoms with Gasteiger partial charge >= 0.3 is 0 Å². The number of carbonyl (C=O) groups is 1. The fourth-order valence-corrected chi connectivity index (χ4v) is 3.29. The Kier molecular flexibility index (Phi) is 3.81. The molecule has 22 heavy (non-hydrogen) atoms. The van der Waals surface area contributed by atoms with Gasteiger partial charge in [-0.3, -0.25) is 9.20 Å². The average Bonchev–Trinajstić information content (AvgIpc) is 3.03. The van der Waals surface area contributed by atoms with Crippen molar-refractivity contribution in [3.05, 3.63) is 53.2 Å². The first-order valence-electron chi connectivity index (χ1n) is 6.90. The first kappa shape index (κ1) is 14.5. The SMILES string of the molecule is C=C(C)COc1ccc(-c2c(C)sc3ncc(C=O)n23)cc1. The van der Waals surface area contributed by atoms with Crippen molar-refractivity contribution in [1.82, 2.24) is 9.38 Å². The molecule has 0 aliphatic heterocycles. The van der Waals surface area contributed by atoms with E-state index in [1.165, 1.54) is 0 Å². The zero-order valence-electron chi connectivity index (χ0n) is 12.5. The monoisotopic (exact) mass is 312 g/mol. The summed E-state index contributed by atoms with van der Waals surface area (Å²) in [5.74, 6) is 0.803. The van der Waals surface area contributed by atoms with E-state index in [2.05, 4.69) is 11.6 Å². The van der Waals surface area contributed by atoms with E-state index in [4.69, 9.17) is 4.74 Å². The van der Waals surface area contributed by atoms with Gasteiger partial charge in [0.05, 0.1) is 11.9 Å². The summed E-state index contributed by atoms with van der Waals surface area (Å²) < 4.78 is 7.51. The lowest BCUT2D eigenvalue weighted by molar-refractivity contribution is 0.111. The fourth-order valence-electron chi connectivity index (χ4n) is 2.32. The molecule has 0 N–H and O–H groups in total. The summed E-state index contributed by atoms with van der Waals surface area (Å²) in [5, 5.41) is 0. The second-order valence-electron chi connectivity index (χ2n) is 5.20. The first-order chi connectivity index (χ1) is 10.6. The van der Waals surface area contributed by atoms with Crippen molar-refractivity contribution in [3.63, 3.8) is 0 Å². The highest BCUT2D eigenvalue weighted by molar-refractivity contribution is 7.17. The summed E-state index contributed by atoms with van der Waals surface area (Å²) in [4.78, 5) is 17.4. The van der Waals surface area contributed by atoms with Crippen LogP contribution in [0.1, 0.15) is 22.3 Å². The van der Waals surface area contributed by atoms with E-state index < -0.39 is 0 Å². The normalized spacial score (nSPS) is 10.8. The predicted octanol–water partition coefficient (Wildman–Crippen LogP) is 4.14. The molecule has 3 aromatic rings. The quantitative estimate of drug-likeness (QED) is 0.525. The molecule has 0 saturated carbocycles. The third-order valence-corrected chi connectivity index (χ3v) is 4.26. The summed E-state index contributed by atoms with van der Waals surface area (Å²) in [6.07, 6.45) is 2.44. The molecule has 112 valence electrons. The molecule has 0 aliphatic rings. The number of carbonyl (C=O) groups excluding carboxylic acids is 1. The molecule has 5 heteroatoms. The Balaban J connectivity index is 2.00. The fraction of sp³-hybridized carbons (Fsp3) is 0.176. The third-order valence-electron chi connectivity index (χ3n) is 3.29. The Morgan fingerprint density at radius 1 is 1.41 bits per heavy atom. The van der Waals surface area contributed by atoms with E-state index in [9.17, 15) is 4.79 Å². The lowest BCUT2D eigenvalue weighted by atomic mass is 10.1. The topological polar surface area (TPSA) is 43.6 Å². The number of aryl methyl sites for hydroxylation is 1. The van der Waals surface area contributed by atoms with Gasteiger partial charge in [-0.05, 0) is 49.2 Å². The average molecular weight is 312 g/mol. The lowest BCUT2D eigenvalue weighted by Gasteiger charge is -2.08. The molecule has 4 nitrogen and oxygen atoms in total. The highest BCUT2D eigenvalue weighted by Crippen LogP contribution is 2.32. The van der Waals surface area contributed by atoms with Crippen LogP contribution in [0.2, 0.25) is 0 Å². The van der Waals surface area contributed by atoms with Crippen LogP contribution < -0.4 is 4.74 Å². The number of fused-ring (bicyclic) bond motifs is 1. The van der Waals surface area contributed by atoms with Gasteiger partial charge in [-0.15, -0.1) is 11.3 Å². The van der Waals surface area contributed by atoms with Crippen LogP contribution in [0.15, 0.2) is 42.6 Å². The van der Waals surface area contributed by atoms with E-state index in [-0.39, 0.29) is 0 Å². The Morgan fingerprint density at radius 2 is 2.14 bits per heavy atom. The summed E-state index contributed by atoms with van der Waals surface area (Å²) in [6.45, 7) is 8.30. The number of aldehydes is 1. The smallest absolute Gasteiger partial charge is 0.194 e. The lowest BCUT2D eigenvalue weighted by Crippen LogP contribution is -1.97. The van der Waals surface area contributed by atoms with Crippen molar-refractivity contribution in [3.8, 4) is 17.0 Å². The summed E-state index contributed by atoms with van der Waals surface area (Å²) in [6, 6.07) is 7.85. The van der Waals surface area contributed by atoms with Crippen molar-refractivity contribution in [2.24, 2.45) is 0 Å². The second kappa shape index (κ2) is 5.77. The van der Waals surface area contributed by atoms with Crippen LogP contribution in [0.25, 0.3) is 16.2 Å². The standard InChI is InChI=1S/C17H16N2O2S/c1-11(2)10-21-15-6-4-13(5-7-15)16-12(3)22-17-18-8-14(9-20)19(16)17/h4-9H,1,10H2,2-3H3. The maximum atomic E-state index is 11.2. The number of ether oxygens (including phenoxy) is 1. The van der Waals surface area contributed by atoms with Crippen molar-refractivity contribution >= 4 is 22.6 Å². The van der Waals surface area contributed by atoms with Crippen molar-refractivity contribution in [1.29, 1.82) is 0 Å². The van der Waals surface area contributed by atoms with Gasteiger partial charge in [0.1, 0.15) is 18.1 Å². The number of hydrogen-bond donors (Lipinski definition) is 0. The van der Waals surface area contributed by atoms with Gasteiger partial charge in [0.25, 0.3) is 0 Å². The maximum absolute atomic E-state index is 11.2. The van der Waals surface area contributed by atoms with Crippen molar-refractivity contribution in [2.45, 2.75) is 13.8 Å². The van der Waals surface area contributed by atoms with Gasteiger partial charge in [-0.1, -0.05) is 6.58 Å². The molecule has 0 unspecified atom stereocenters. The van der Waals surface area contributed by atoms with Gasteiger partial charge in [-0.2, -0.15) is 0 Å². The molecule has 1 aromatic carbocycles. The minimum absolute atomic E-state index is 0.512. The van der Waals surface area contributed by atoms with Crippen LogP contribution in [-0.4, -0.2) is 22.3 Å². The van der Waals surface area contributed by atoms with Crippen molar-refractivity contribution < 1.29 is 9.53 Å². The predicted molar refractivity (Wildman–Crippen MR) is 88.9 cm³/mol. The Hall–Kier alpha value is -2.40. The van der Waals surface area contributed by atoms with Gasteiger partial charge < -0.3 is 4.74 Å². The number of imidazole rings is 1. The maximum Gasteiger partial charge on any atom is 0.194 e. The van der Waals surface area contributed by atoms with Gasteiger partial charge in [0.15, 0.2) is 11.2 Å². The number of thiazole rings is 1. The third kappa shape index (κ3) is 2.55. The molecular weight excluding hydrogens is 296 g/mol. The Labute approximate surface area is 132 Å². The molecule has 0 aliphatic carbocycles. The molecule has 0 saturated heterocycles. The number of rotatable bonds is 5. The van der Waals surface area contributed by atoms with E-state index in [1.807, 2.05) is 42.5 Å². The van der Waals surface area contributed by atoms with Gasteiger partial charge in [0, 0.05) is 4.88 Å². The molecule has 0 amide bonds. The Bertz CT molecular complexity index is 844. The number of hydrogen-bond acceptors (Lipinski definition) is 4. The number of aromatic nitrogens is 2. The minimum Gasteiger partial charge on any atom is -0.489 e. The summed E-state index contributed by atoms with van der Waals surface area (Å²) >= 11 is 1.58. The van der Waals surface area contributed by atoms with Crippen LogP contribution in [-0.2, 0) is 0 Å². The van der Waals surface area contributed by atoms with E-state index in [0.29, 0.717) is 12.3 Å². The zero-order valence-corrected chi connectivity index (χ0v) is 13.3. The van der Waals surface area contributed by atoms with Crippen LogP contribution in [0.4, 0.5) is 0 Å². The first-order valence-corrected chi connectivity index (χ1v) is 7.71. The molecule has 2 heterocycles. The van der Waals surface area contributed by atoms with Crippen LogP contribution >= 0.6 is 11.3 Å². The largest absolute Gasteiger partial charge is 0.489 e. The number of benzene rings is 1. The second-order valence-corrected chi connectivity index (χ2v) is 6.38. The molecule has 0 bridgehead atoms. The van der Waals surface area contributed by atoms with Crippen LogP contribution in [0.5, 0.6) is 5.75 Å². The highest BCUT2D eigenvalue weighted by atomic mass is 32.1. The van der Waals surface area contributed by atoms with Crippen molar-refractivity contribution in [2.75, 3.05) is 6.61 Å². The van der Waals surface area contributed by atoms with Gasteiger partial charge in [-0.25, -0.2) is 4.98 Å². The van der Waals surface area contributed by atoms with E-state index in [1.54, 1.807) is 17.5 Å². The molecule has 0 spiro atoms. The molecule has 3 rings (SSSR count). The zero-order chi connectivity index (χ0) is 15.7. The molecular formula is C17H16N2O2S.